The fraction of sp³-hybridized carbons (Fsp3) is 0.833. The molecule has 0 atom stereocenters. The Labute approximate surface area is 212 Å². The Morgan fingerprint density at radius 3 is 2.24 bits per heavy atom. The van der Waals surface area contributed by atoms with Gasteiger partial charge in [0, 0.05) is 39.4 Å². The topological polar surface area (TPSA) is 59.8 Å². The second-order valence-corrected chi connectivity index (χ2v) is 10.8. The van der Waals surface area contributed by atoms with E-state index in [1.54, 1.807) is 0 Å². The molecule has 0 aromatic carbocycles. The van der Waals surface area contributed by atoms with Crippen molar-refractivity contribution in [2.24, 2.45) is 5.41 Å². The fourth-order valence-electron chi connectivity index (χ4n) is 5.56. The van der Waals surface area contributed by atoms with Crippen molar-refractivity contribution in [2.45, 2.75) is 82.9 Å². The van der Waals surface area contributed by atoms with Gasteiger partial charge in [-0.25, -0.2) is 4.79 Å². The highest BCUT2D eigenvalue weighted by Crippen LogP contribution is 2.42. The van der Waals surface area contributed by atoms with Gasteiger partial charge in [0.05, 0.1) is 17.4 Å². The standard InChI is InChI=1S/C24H34F6N4O3/c1-16(2)19-13-18(34(31-19)17-3-11-36-12-4-17)14-32-8-5-22(15-32)6-9-33(10-7-22)21(35)37-20(23(25,26)27)24(28,29)30/h13,16-17,20H,3-12,14-15H2,1-2H3. The van der Waals surface area contributed by atoms with Crippen molar-refractivity contribution in [1.82, 2.24) is 19.6 Å². The molecule has 3 fully saturated rings. The second kappa shape index (κ2) is 10.6. The Morgan fingerprint density at radius 2 is 1.68 bits per heavy atom. The third kappa shape index (κ3) is 6.52. The van der Waals surface area contributed by atoms with Crippen molar-refractivity contribution in [3.8, 4) is 0 Å². The Hall–Kier alpha value is -2.02. The Kier molecular flexibility index (Phi) is 8.04. The van der Waals surface area contributed by atoms with Crippen LogP contribution in [-0.2, 0) is 16.0 Å². The molecular weight excluding hydrogens is 506 g/mol. The van der Waals surface area contributed by atoms with Crippen LogP contribution in [-0.4, -0.2) is 83.5 Å². The largest absolute Gasteiger partial charge is 0.434 e. The first kappa shape index (κ1) is 28.0. The average molecular weight is 541 g/mol. The van der Waals surface area contributed by atoms with Gasteiger partial charge in [0.1, 0.15) is 0 Å². The van der Waals surface area contributed by atoms with E-state index in [1.807, 2.05) is 0 Å². The number of hydrogen-bond donors (Lipinski definition) is 0. The number of likely N-dealkylation sites (tertiary alicyclic amines) is 2. The van der Waals surface area contributed by atoms with Gasteiger partial charge < -0.3 is 14.4 Å². The molecule has 4 rings (SSSR count). The van der Waals surface area contributed by atoms with Crippen molar-refractivity contribution in [2.75, 3.05) is 39.4 Å². The van der Waals surface area contributed by atoms with Crippen molar-refractivity contribution in [3.05, 3.63) is 17.5 Å². The highest BCUT2D eigenvalue weighted by atomic mass is 19.4. The van der Waals surface area contributed by atoms with Crippen molar-refractivity contribution >= 4 is 6.09 Å². The van der Waals surface area contributed by atoms with Crippen LogP contribution in [0.5, 0.6) is 0 Å². The summed E-state index contributed by atoms with van der Waals surface area (Å²) in [7, 11) is 0. The molecule has 0 unspecified atom stereocenters. The van der Waals surface area contributed by atoms with E-state index in [4.69, 9.17) is 9.84 Å². The summed E-state index contributed by atoms with van der Waals surface area (Å²) in [4.78, 5) is 15.4. The maximum atomic E-state index is 12.8. The quantitative estimate of drug-likeness (QED) is 0.476. The molecule has 1 amide bonds. The monoisotopic (exact) mass is 540 g/mol. The number of amides is 1. The number of halogens is 6. The van der Waals surface area contributed by atoms with Crippen molar-refractivity contribution in [3.63, 3.8) is 0 Å². The van der Waals surface area contributed by atoms with Crippen LogP contribution in [0.1, 0.15) is 69.3 Å². The lowest BCUT2D eigenvalue weighted by Gasteiger charge is -2.39. The zero-order chi connectivity index (χ0) is 27.0. The van der Waals surface area contributed by atoms with E-state index < -0.39 is 24.5 Å². The maximum Gasteiger partial charge on any atom is 0.434 e. The average Bonchev–Trinajstić information content (AvgIpc) is 3.42. The summed E-state index contributed by atoms with van der Waals surface area (Å²) in [5.41, 5.74) is 2.05. The smallest absolute Gasteiger partial charge is 0.426 e. The van der Waals surface area contributed by atoms with Crippen LogP contribution in [0, 0.1) is 5.41 Å². The molecule has 3 saturated heterocycles. The lowest BCUT2D eigenvalue weighted by atomic mass is 9.78. The number of rotatable bonds is 5. The zero-order valence-electron chi connectivity index (χ0n) is 21.1. The predicted molar refractivity (Wildman–Crippen MR) is 121 cm³/mol. The minimum atomic E-state index is -5.72. The molecule has 1 aromatic rings. The summed E-state index contributed by atoms with van der Waals surface area (Å²) in [5.74, 6) is 0.295. The van der Waals surface area contributed by atoms with E-state index >= 15 is 0 Å². The molecule has 37 heavy (non-hydrogen) atoms. The number of carbonyl (C=O) groups excluding carboxylic acids is 1. The Morgan fingerprint density at radius 1 is 1.08 bits per heavy atom. The summed E-state index contributed by atoms with van der Waals surface area (Å²) in [6.07, 6.45) is -13.5. The van der Waals surface area contributed by atoms with E-state index in [2.05, 4.69) is 34.2 Å². The Balaban J connectivity index is 1.35. The second-order valence-electron chi connectivity index (χ2n) is 10.8. The van der Waals surface area contributed by atoms with Crippen LogP contribution in [0.2, 0.25) is 0 Å². The van der Waals surface area contributed by atoms with Crippen molar-refractivity contribution < 1.29 is 40.6 Å². The Bertz CT molecular complexity index is 920. The number of alkyl halides is 6. The number of carbonyl (C=O) groups is 1. The minimum absolute atomic E-state index is 0.0621. The molecule has 0 bridgehead atoms. The molecule has 3 aliphatic rings. The van der Waals surface area contributed by atoms with Crippen LogP contribution in [0.4, 0.5) is 31.1 Å². The van der Waals surface area contributed by atoms with E-state index in [1.165, 1.54) is 0 Å². The lowest BCUT2D eigenvalue weighted by Crippen LogP contribution is -2.50. The van der Waals surface area contributed by atoms with Gasteiger partial charge in [-0.3, -0.25) is 9.58 Å². The van der Waals surface area contributed by atoms with Crippen LogP contribution in [0.3, 0.4) is 0 Å². The van der Waals surface area contributed by atoms with Crippen molar-refractivity contribution in [1.29, 1.82) is 0 Å². The number of nitrogens with zero attached hydrogens (tertiary/aromatic N) is 4. The van der Waals surface area contributed by atoms with E-state index in [9.17, 15) is 31.1 Å². The van der Waals surface area contributed by atoms with Gasteiger partial charge in [-0.05, 0) is 56.0 Å². The summed E-state index contributed by atoms with van der Waals surface area (Å²) in [5, 5.41) is 4.88. The first-order valence-electron chi connectivity index (χ1n) is 12.7. The van der Waals surface area contributed by atoms with Gasteiger partial charge in [-0.1, -0.05) is 13.8 Å². The van der Waals surface area contributed by atoms with Gasteiger partial charge in [0.25, 0.3) is 6.10 Å². The molecule has 0 N–H and O–H groups in total. The maximum absolute atomic E-state index is 12.8. The third-order valence-corrected chi connectivity index (χ3v) is 7.76. The third-order valence-electron chi connectivity index (χ3n) is 7.76. The molecule has 3 aliphatic heterocycles. The summed E-state index contributed by atoms with van der Waals surface area (Å²) >= 11 is 0. The van der Waals surface area contributed by atoms with Gasteiger partial charge in [-0.15, -0.1) is 0 Å². The van der Waals surface area contributed by atoms with Crippen LogP contribution in [0.15, 0.2) is 6.07 Å². The van der Waals surface area contributed by atoms with E-state index in [-0.39, 0.29) is 18.5 Å². The summed E-state index contributed by atoms with van der Waals surface area (Å²) in [6, 6.07) is 2.45. The summed E-state index contributed by atoms with van der Waals surface area (Å²) < 4.78 is 88.1. The fourth-order valence-corrected chi connectivity index (χ4v) is 5.56. The number of piperidine rings is 1. The minimum Gasteiger partial charge on any atom is -0.426 e. The number of ether oxygens (including phenoxy) is 2. The molecule has 7 nitrogen and oxygen atoms in total. The van der Waals surface area contributed by atoms with Crippen LogP contribution >= 0.6 is 0 Å². The lowest BCUT2D eigenvalue weighted by molar-refractivity contribution is -0.308. The molecule has 0 radical (unpaired) electrons. The zero-order valence-corrected chi connectivity index (χ0v) is 21.1. The molecule has 13 heteroatoms. The van der Waals surface area contributed by atoms with Crippen LogP contribution < -0.4 is 0 Å². The van der Waals surface area contributed by atoms with Crippen LogP contribution in [0.25, 0.3) is 0 Å². The molecule has 4 heterocycles. The van der Waals surface area contributed by atoms with Gasteiger partial charge in [0.2, 0.25) is 0 Å². The SMILES string of the molecule is CC(C)c1cc(CN2CCC3(CCN(C(=O)OC(C(F)(F)F)C(F)(F)F)CC3)C2)n(C2CCOCC2)n1. The molecule has 1 spiro atoms. The molecule has 0 aliphatic carbocycles. The first-order chi connectivity index (χ1) is 17.3. The van der Waals surface area contributed by atoms with Gasteiger partial charge >= 0.3 is 18.4 Å². The van der Waals surface area contributed by atoms with Gasteiger partial charge in [0.15, 0.2) is 0 Å². The number of aromatic nitrogens is 2. The highest BCUT2D eigenvalue weighted by Gasteiger charge is 2.60. The van der Waals surface area contributed by atoms with Gasteiger partial charge in [-0.2, -0.15) is 31.4 Å². The normalized spacial score (nSPS) is 21.9. The predicted octanol–water partition coefficient (Wildman–Crippen LogP) is 5.28. The molecular formula is C24H34F6N4O3. The summed E-state index contributed by atoms with van der Waals surface area (Å²) in [6.45, 7) is 8.04. The molecule has 1 aromatic heterocycles. The number of hydrogen-bond acceptors (Lipinski definition) is 5. The van der Waals surface area contributed by atoms with E-state index in [0.29, 0.717) is 44.6 Å². The highest BCUT2D eigenvalue weighted by molar-refractivity contribution is 5.68. The first-order valence-corrected chi connectivity index (χ1v) is 12.7. The molecule has 0 saturated carbocycles. The molecule has 210 valence electrons. The van der Waals surface area contributed by atoms with E-state index in [0.717, 1.165) is 48.6 Å².